The van der Waals surface area contributed by atoms with Crippen molar-refractivity contribution in [1.29, 1.82) is 0 Å². The second kappa shape index (κ2) is 8.24. The van der Waals surface area contributed by atoms with Crippen molar-refractivity contribution < 1.29 is 5.11 Å². The van der Waals surface area contributed by atoms with Crippen molar-refractivity contribution in [3.63, 3.8) is 0 Å². The van der Waals surface area contributed by atoms with Crippen LogP contribution in [0.2, 0.25) is 0 Å². The minimum atomic E-state index is 0.148. The highest BCUT2D eigenvalue weighted by molar-refractivity contribution is 5.35. The third kappa shape index (κ3) is 3.54. The minimum Gasteiger partial charge on any atom is -0.396 e. The molecule has 0 saturated heterocycles. The Bertz CT molecular complexity index is 661. The number of hydrogen-bond acceptors (Lipinski definition) is 1. The summed E-state index contributed by atoms with van der Waals surface area (Å²) in [5.74, 6) is 4.23. The van der Waals surface area contributed by atoms with Crippen LogP contribution in [-0.2, 0) is 0 Å². The highest BCUT2D eigenvalue weighted by atomic mass is 16.3. The van der Waals surface area contributed by atoms with Crippen LogP contribution in [0.15, 0.2) is 11.1 Å². The van der Waals surface area contributed by atoms with Crippen LogP contribution in [0.25, 0.3) is 0 Å². The molecule has 0 aliphatic heterocycles. The molecule has 1 N–H and O–H groups in total. The van der Waals surface area contributed by atoms with Crippen LogP contribution in [0.1, 0.15) is 119 Å². The van der Waals surface area contributed by atoms with Crippen molar-refractivity contribution in [3.05, 3.63) is 11.1 Å². The van der Waals surface area contributed by atoms with E-state index in [1.807, 2.05) is 11.1 Å². The van der Waals surface area contributed by atoms with Crippen LogP contribution in [0.5, 0.6) is 0 Å². The van der Waals surface area contributed by atoms with E-state index < -0.39 is 0 Å². The number of hydrogen-bond donors (Lipinski definition) is 1. The summed E-state index contributed by atoms with van der Waals surface area (Å²) in [5, 5.41) is 10.3. The normalized spacial score (nSPS) is 44.6. The van der Waals surface area contributed by atoms with E-state index >= 15 is 0 Å². The fraction of sp³-hybridized carbons (Fsp3) is 0.931. The largest absolute Gasteiger partial charge is 0.396 e. The molecule has 2 fully saturated rings. The van der Waals surface area contributed by atoms with Crippen LogP contribution in [0, 0.1) is 45.8 Å². The molecule has 7 atom stereocenters. The van der Waals surface area contributed by atoms with E-state index in [1.54, 1.807) is 0 Å². The van der Waals surface area contributed by atoms with Gasteiger partial charge in [0, 0.05) is 6.61 Å². The maximum Gasteiger partial charge on any atom is 0.0487 e. The molecular formula is C29H50O. The summed E-state index contributed by atoms with van der Waals surface area (Å²) >= 11 is 0. The predicted octanol–water partition coefficient (Wildman–Crippen LogP) is 8.17. The number of fused-ring (bicyclic) bond motifs is 4. The molecule has 2 saturated carbocycles. The van der Waals surface area contributed by atoms with Crippen LogP contribution < -0.4 is 0 Å². The summed E-state index contributed by atoms with van der Waals surface area (Å²) in [4.78, 5) is 0. The van der Waals surface area contributed by atoms with E-state index in [0.29, 0.717) is 23.4 Å². The van der Waals surface area contributed by atoms with E-state index in [9.17, 15) is 5.11 Å². The molecule has 4 aliphatic rings. The molecule has 0 aromatic heterocycles. The first-order valence-electron chi connectivity index (χ1n) is 13.5. The van der Waals surface area contributed by atoms with Crippen LogP contribution in [0.4, 0.5) is 0 Å². The summed E-state index contributed by atoms with van der Waals surface area (Å²) in [6, 6.07) is 0. The van der Waals surface area contributed by atoms with Crippen molar-refractivity contribution in [2.75, 3.05) is 6.61 Å². The Balaban J connectivity index is 1.56. The zero-order chi connectivity index (χ0) is 21.7. The summed E-state index contributed by atoms with van der Waals surface area (Å²) in [5.41, 5.74) is 4.87. The topological polar surface area (TPSA) is 20.2 Å². The first-order valence-corrected chi connectivity index (χ1v) is 13.5. The molecule has 1 nitrogen and oxygen atoms in total. The Morgan fingerprint density at radius 1 is 0.933 bits per heavy atom. The molecule has 0 bridgehead atoms. The molecule has 1 heteroatoms. The highest BCUT2D eigenvalue weighted by Crippen LogP contribution is 2.68. The SMILES string of the molecule is CC(C)CCC[C@@H](C)[C@H]1CC[C@H]2C3=C(CC[C@]12C)[C@@]1(C)CCC[C@@](C)(CO)[C@@H]1CC3. The lowest BCUT2D eigenvalue weighted by Crippen LogP contribution is -2.50. The standard InChI is InChI=1S/C29H50O/c1-20(2)9-7-10-21(3)23-12-13-24-22-11-14-26-27(4,19-30)16-8-17-29(26,6)25(22)15-18-28(23,24)5/h20-21,23-24,26,30H,7-19H2,1-6H3/t21-,23-,24+,26+,27+,28-,29-/m1/s1. The first-order chi connectivity index (χ1) is 14.2. The van der Waals surface area contributed by atoms with Gasteiger partial charge >= 0.3 is 0 Å². The van der Waals surface area contributed by atoms with E-state index in [0.717, 1.165) is 23.7 Å². The molecule has 0 aromatic rings. The van der Waals surface area contributed by atoms with Gasteiger partial charge in [0.05, 0.1) is 0 Å². The number of aliphatic hydroxyl groups is 1. The van der Waals surface area contributed by atoms with Gasteiger partial charge in [-0.05, 0) is 97.2 Å². The smallest absolute Gasteiger partial charge is 0.0487 e. The first kappa shape index (κ1) is 22.9. The monoisotopic (exact) mass is 414 g/mol. The number of aliphatic hydroxyl groups excluding tert-OH is 1. The highest BCUT2D eigenvalue weighted by Gasteiger charge is 2.58. The molecule has 4 rings (SSSR count). The minimum absolute atomic E-state index is 0.148. The zero-order valence-corrected chi connectivity index (χ0v) is 21.0. The summed E-state index contributed by atoms with van der Waals surface area (Å²) < 4.78 is 0. The predicted molar refractivity (Wildman–Crippen MR) is 128 cm³/mol. The summed E-state index contributed by atoms with van der Waals surface area (Å²) in [6.45, 7) is 15.4. The molecule has 30 heavy (non-hydrogen) atoms. The van der Waals surface area contributed by atoms with Crippen molar-refractivity contribution in [1.82, 2.24) is 0 Å². The Labute approximate surface area is 187 Å². The van der Waals surface area contributed by atoms with Gasteiger partial charge in [-0.1, -0.05) is 78.4 Å². The van der Waals surface area contributed by atoms with Crippen molar-refractivity contribution >= 4 is 0 Å². The third-order valence-corrected chi connectivity index (χ3v) is 11.1. The lowest BCUT2D eigenvalue weighted by Gasteiger charge is -2.59. The maximum atomic E-state index is 10.3. The fourth-order valence-electron chi connectivity index (χ4n) is 9.42. The Kier molecular flexibility index (Phi) is 6.28. The molecule has 0 spiro atoms. The average molecular weight is 415 g/mol. The molecule has 0 amide bonds. The lowest BCUT2D eigenvalue weighted by molar-refractivity contribution is -0.0460. The van der Waals surface area contributed by atoms with E-state index in [4.69, 9.17) is 0 Å². The van der Waals surface area contributed by atoms with Crippen LogP contribution >= 0.6 is 0 Å². The molecule has 0 unspecified atom stereocenters. The molecule has 4 aliphatic carbocycles. The number of allylic oxidation sites excluding steroid dienone is 2. The quantitative estimate of drug-likeness (QED) is 0.434. The van der Waals surface area contributed by atoms with Crippen LogP contribution in [-0.4, -0.2) is 11.7 Å². The van der Waals surface area contributed by atoms with E-state index in [2.05, 4.69) is 41.5 Å². The van der Waals surface area contributed by atoms with Gasteiger partial charge in [-0.25, -0.2) is 0 Å². The molecule has 0 heterocycles. The van der Waals surface area contributed by atoms with Gasteiger partial charge in [-0.15, -0.1) is 0 Å². The third-order valence-electron chi connectivity index (χ3n) is 11.1. The van der Waals surface area contributed by atoms with Crippen molar-refractivity contribution in [3.8, 4) is 0 Å². The second-order valence-electron chi connectivity index (χ2n) is 13.2. The summed E-state index contributed by atoms with van der Waals surface area (Å²) in [6.07, 6.45) is 16.5. The van der Waals surface area contributed by atoms with E-state index in [-0.39, 0.29) is 5.41 Å². The fourth-order valence-corrected chi connectivity index (χ4v) is 9.42. The van der Waals surface area contributed by atoms with Gasteiger partial charge < -0.3 is 5.11 Å². The maximum absolute atomic E-state index is 10.3. The van der Waals surface area contributed by atoms with Gasteiger partial charge in [0.15, 0.2) is 0 Å². The lowest BCUT2D eigenvalue weighted by atomic mass is 9.46. The molecule has 0 radical (unpaired) electrons. The van der Waals surface area contributed by atoms with Gasteiger partial charge in [-0.3, -0.25) is 0 Å². The number of rotatable bonds is 6. The molecule has 0 aromatic carbocycles. The second-order valence-corrected chi connectivity index (χ2v) is 13.2. The average Bonchev–Trinajstić information content (AvgIpc) is 3.05. The van der Waals surface area contributed by atoms with Crippen molar-refractivity contribution in [2.45, 2.75) is 119 Å². The summed E-state index contributed by atoms with van der Waals surface area (Å²) in [7, 11) is 0. The molecule has 172 valence electrons. The molecular weight excluding hydrogens is 364 g/mol. The van der Waals surface area contributed by atoms with Crippen LogP contribution in [0.3, 0.4) is 0 Å². The van der Waals surface area contributed by atoms with Gasteiger partial charge in [-0.2, -0.15) is 0 Å². The van der Waals surface area contributed by atoms with Gasteiger partial charge in [0.2, 0.25) is 0 Å². The van der Waals surface area contributed by atoms with Gasteiger partial charge in [0.1, 0.15) is 0 Å². The van der Waals surface area contributed by atoms with E-state index in [1.165, 1.54) is 77.0 Å². The van der Waals surface area contributed by atoms with Gasteiger partial charge in [0.25, 0.3) is 0 Å². The Hall–Kier alpha value is -0.300. The Morgan fingerprint density at radius 2 is 1.70 bits per heavy atom. The Morgan fingerprint density at radius 3 is 2.40 bits per heavy atom. The zero-order valence-electron chi connectivity index (χ0n) is 21.0. The van der Waals surface area contributed by atoms with Crippen molar-refractivity contribution in [2.24, 2.45) is 45.8 Å².